The van der Waals surface area contributed by atoms with E-state index >= 15 is 0 Å². The summed E-state index contributed by atoms with van der Waals surface area (Å²) in [5.74, 6) is 0.386. The van der Waals surface area contributed by atoms with Gasteiger partial charge in [-0.1, -0.05) is 31.2 Å². The van der Waals surface area contributed by atoms with Crippen molar-refractivity contribution in [2.75, 3.05) is 27.4 Å². The van der Waals surface area contributed by atoms with E-state index in [2.05, 4.69) is 0 Å². The van der Waals surface area contributed by atoms with Crippen LogP contribution < -0.4 is 10.3 Å². The van der Waals surface area contributed by atoms with Crippen LogP contribution in [0.2, 0.25) is 0 Å². The van der Waals surface area contributed by atoms with Gasteiger partial charge in [-0.3, -0.25) is 14.2 Å². The molecule has 0 radical (unpaired) electrons. The third kappa shape index (κ3) is 5.29. The highest BCUT2D eigenvalue weighted by Crippen LogP contribution is 2.27. The first-order chi connectivity index (χ1) is 15.5. The van der Waals surface area contributed by atoms with Crippen molar-refractivity contribution in [1.82, 2.24) is 9.47 Å². The van der Waals surface area contributed by atoms with Crippen molar-refractivity contribution in [2.24, 2.45) is 5.92 Å². The Bertz CT molecular complexity index is 983. The smallest absolute Gasteiger partial charge is 0.297 e. The minimum Gasteiger partial charge on any atom is -0.491 e. The Morgan fingerprint density at radius 1 is 1.25 bits per heavy atom. The number of nitrogens with zero attached hydrogens (tertiary/aromatic N) is 2. The second kappa shape index (κ2) is 11.1. The van der Waals surface area contributed by atoms with Gasteiger partial charge in [0, 0.05) is 37.9 Å². The molecule has 1 saturated heterocycles. The molecule has 0 spiro atoms. The topological polar surface area (TPSA) is 81.0 Å². The van der Waals surface area contributed by atoms with Crippen LogP contribution in [0.4, 0.5) is 0 Å². The van der Waals surface area contributed by atoms with E-state index < -0.39 is 0 Å². The molecule has 1 N–H and O–H groups in total. The quantitative estimate of drug-likeness (QED) is 0.606. The fourth-order valence-electron chi connectivity index (χ4n) is 4.27. The van der Waals surface area contributed by atoms with Crippen LogP contribution in [0.3, 0.4) is 0 Å². The van der Waals surface area contributed by atoms with Gasteiger partial charge in [-0.25, -0.2) is 0 Å². The molecule has 0 aliphatic carbocycles. The van der Waals surface area contributed by atoms with Crippen molar-refractivity contribution in [3.63, 3.8) is 0 Å². The van der Waals surface area contributed by atoms with E-state index in [1.54, 1.807) is 30.3 Å². The van der Waals surface area contributed by atoms with Crippen LogP contribution in [0.25, 0.3) is 5.69 Å². The number of methoxy groups -OCH3 is 2. The van der Waals surface area contributed by atoms with E-state index in [-0.39, 0.29) is 36.1 Å². The van der Waals surface area contributed by atoms with E-state index in [1.807, 2.05) is 43.3 Å². The van der Waals surface area contributed by atoms with Crippen molar-refractivity contribution in [1.29, 1.82) is 0 Å². The van der Waals surface area contributed by atoms with Crippen molar-refractivity contribution >= 4 is 5.91 Å². The highest BCUT2D eigenvalue weighted by molar-refractivity contribution is 5.78. The van der Waals surface area contributed by atoms with E-state index in [9.17, 15) is 14.7 Å². The van der Waals surface area contributed by atoms with Crippen LogP contribution >= 0.6 is 0 Å². The first kappa shape index (κ1) is 23.8. The maximum atomic E-state index is 12.5. The van der Waals surface area contributed by atoms with E-state index in [0.29, 0.717) is 12.2 Å². The Kier molecular flexibility index (Phi) is 8.25. The van der Waals surface area contributed by atoms with Crippen LogP contribution in [-0.4, -0.2) is 53.9 Å². The second-order valence-corrected chi connectivity index (χ2v) is 8.06. The summed E-state index contributed by atoms with van der Waals surface area (Å²) in [5, 5.41) is 9.41. The lowest BCUT2D eigenvalue weighted by Crippen LogP contribution is -2.37. The second-order valence-electron chi connectivity index (χ2n) is 8.06. The largest absolute Gasteiger partial charge is 0.491 e. The number of rotatable bonds is 9. The normalized spacial score (nSPS) is 18.1. The Balaban J connectivity index is 1.66. The third-order valence-corrected chi connectivity index (χ3v) is 6.00. The third-order valence-electron chi connectivity index (χ3n) is 6.00. The fraction of sp³-hybridized carbons (Fsp3) is 0.440. The van der Waals surface area contributed by atoms with Gasteiger partial charge in [0.15, 0.2) is 5.75 Å². The molecule has 0 bridgehead atoms. The number of carbonyl (C=O) groups is 1. The van der Waals surface area contributed by atoms with Gasteiger partial charge in [-0.2, -0.15) is 0 Å². The maximum Gasteiger partial charge on any atom is 0.297 e. The predicted molar refractivity (Wildman–Crippen MR) is 123 cm³/mol. The number of pyridine rings is 1. The fourth-order valence-corrected chi connectivity index (χ4v) is 4.27. The average Bonchev–Trinajstić information content (AvgIpc) is 3.29. The molecule has 0 saturated carbocycles. The molecular weight excluding hydrogens is 408 g/mol. The van der Waals surface area contributed by atoms with Crippen molar-refractivity contribution in [3.8, 4) is 11.4 Å². The molecule has 7 nitrogen and oxygen atoms in total. The first-order valence-corrected chi connectivity index (χ1v) is 11.0. The van der Waals surface area contributed by atoms with E-state index in [1.165, 1.54) is 11.7 Å². The number of hydrogen-bond donors (Lipinski definition) is 1. The van der Waals surface area contributed by atoms with Crippen LogP contribution in [0, 0.1) is 5.92 Å². The zero-order valence-corrected chi connectivity index (χ0v) is 18.9. The number of aromatic nitrogens is 1. The molecule has 3 rings (SSSR count). The molecule has 1 aliphatic rings. The molecule has 172 valence electrons. The molecular formula is C25H32N2O5. The van der Waals surface area contributed by atoms with Crippen molar-refractivity contribution in [3.05, 3.63) is 70.7 Å². The van der Waals surface area contributed by atoms with Crippen LogP contribution in [0.1, 0.15) is 37.9 Å². The number of likely N-dealkylation sites (tertiary alicyclic amines) is 1. The van der Waals surface area contributed by atoms with Crippen LogP contribution in [0.5, 0.6) is 5.75 Å². The summed E-state index contributed by atoms with van der Waals surface area (Å²) in [7, 11) is 3.14. The van der Waals surface area contributed by atoms with Crippen molar-refractivity contribution in [2.45, 2.75) is 38.3 Å². The molecule has 1 fully saturated rings. The molecule has 1 aromatic carbocycles. The summed E-state index contributed by atoms with van der Waals surface area (Å²) in [4.78, 5) is 26.7. The maximum absolute atomic E-state index is 12.5. The number of ether oxygens (including phenoxy) is 2. The number of aliphatic hydroxyl groups is 1. The zero-order valence-electron chi connectivity index (χ0n) is 18.9. The van der Waals surface area contributed by atoms with Gasteiger partial charge in [0.2, 0.25) is 5.91 Å². The highest BCUT2D eigenvalue weighted by Gasteiger charge is 2.27. The van der Waals surface area contributed by atoms with Gasteiger partial charge in [-0.05, 0) is 42.7 Å². The molecule has 0 unspecified atom stereocenters. The Morgan fingerprint density at radius 2 is 2.00 bits per heavy atom. The molecule has 1 aromatic heterocycles. The van der Waals surface area contributed by atoms with E-state index in [4.69, 9.17) is 9.47 Å². The molecule has 1 amide bonds. The Morgan fingerprint density at radius 3 is 2.66 bits per heavy atom. The number of hydrogen-bond acceptors (Lipinski definition) is 5. The highest BCUT2D eigenvalue weighted by atomic mass is 16.5. The standard InChI is InChI=1S/C25H32N2O5/c1-18(7-4-10-23(29)26-15-5-8-21(26)17-28)24(32-3)19-11-13-20(14-12-19)27-16-6-9-22(31-2)25(27)30/h4,6-7,9,11-14,16,18,21,24,28H,5,8,10,15,17H2,1-3H3/b7-4+/t18-,21-,24+/m0/s1. The summed E-state index contributed by atoms with van der Waals surface area (Å²) in [5.41, 5.74) is 1.51. The average molecular weight is 441 g/mol. The first-order valence-electron chi connectivity index (χ1n) is 11.0. The summed E-state index contributed by atoms with van der Waals surface area (Å²) in [6.07, 6.45) is 7.53. The lowest BCUT2D eigenvalue weighted by Gasteiger charge is -2.23. The van der Waals surface area contributed by atoms with Crippen LogP contribution in [0.15, 0.2) is 59.5 Å². The molecule has 2 aromatic rings. The van der Waals surface area contributed by atoms with Crippen molar-refractivity contribution < 1.29 is 19.4 Å². The molecule has 3 atom stereocenters. The monoisotopic (exact) mass is 440 g/mol. The molecule has 7 heteroatoms. The SMILES string of the molecule is COc1cccn(-c2ccc([C@H](OC)[C@@H](C)/C=C/CC(=O)N3CCC[C@H]3CO)cc2)c1=O. The Labute approximate surface area is 188 Å². The zero-order chi connectivity index (χ0) is 23.1. The van der Waals surface area contributed by atoms with Gasteiger partial charge in [0.1, 0.15) is 0 Å². The number of carbonyl (C=O) groups excluding carboxylic acids is 1. The minimum absolute atomic E-state index is 0.0233. The number of aliphatic hydroxyl groups excluding tert-OH is 1. The summed E-state index contributed by atoms with van der Waals surface area (Å²) in [6, 6.07) is 11.0. The van der Waals surface area contributed by atoms with Gasteiger partial charge < -0.3 is 19.5 Å². The molecule has 1 aliphatic heterocycles. The number of benzene rings is 1. The lowest BCUT2D eigenvalue weighted by molar-refractivity contribution is -0.131. The van der Waals surface area contributed by atoms with Gasteiger partial charge in [0.05, 0.1) is 25.9 Å². The Hall–Kier alpha value is -2.90. The summed E-state index contributed by atoms with van der Waals surface area (Å²) in [6.45, 7) is 2.79. The summed E-state index contributed by atoms with van der Waals surface area (Å²) < 4.78 is 12.4. The lowest BCUT2D eigenvalue weighted by atomic mass is 9.96. The minimum atomic E-state index is -0.214. The van der Waals surface area contributed by atoms with E-state index in [0.717, 1.165) is 30.6 Å². The molecule has 32 heavy (non-hydrogen) atoms. The van der Waals surface area contributed by atoms with Gasteiger partial charge in [-0.15, -0.1) is 0 Å². The summed E-state index contributed by atoms with van der Waals surface area (Å²) >= 11 is 0. The van der Waals surface area contributed by atoms with Gasteiger partial charge in [0.25, 0.3) is 5.56 Å². The van der Waals surface area contributed by atoms with Gasteiger partial charge >= 0.3 is 0 Å². The molecule has 2 heterocycles. The number of amides is 1. The predicted octanol–water partition coefficient (Wildman–Crippen LogP) is 3.10. The van der Waals surface area contributed by atoms with Crippen LogP contribution in [-0.2, 0) is 9.53 Å².